The van der Waals surface area contributed by atoms with E-state index in [9.17, 15) is 4.79 Å². The number of methoxy groups -OCH3 is 1. The van der Waals surface area contributed by atoms with E-state index in [1.54, 1.807) is 7.11 Å². The molecule has 1 aromatic carbocycles. The molecule has 1 aliphatic rings. The van der Waals surface area contributed by atoms with Gasteiger partial charge in [0.25, 0.3) is 5.56 Å². The summed E-state index contributed by atoms with van der Waals surface area (Å²) in [7, 11) is 3.87. The van der Waals surface area contributed by atoms with Crippen LogP contribution in [0.2, 0.25) is 0 Å². The zero-order valence-electron chi connectivity index (χ0n) is 15.5. The summed E-state index contributed by atoms with van der Waals surface area (Å²) >= 11 is 1.40. The van der Waals surface area contributed by atoms with Gasteiger partial charge in [0.05, 0.1) is 7.11 Å². The molecule has 27 heavy (non-hydrogen) atoms. The van der Waals surface area contributed by atoms with Crippen LogP contribution in [0.1, 0.15) is 24.4 Å². The zero-order valence-corrected chi connectivity index (χ0v) is 16.3. The van der Waals surface area contributed by atoms with Gasteiger partial charge in [-0.3, -0.25) is 9.69 Å². The first kappa shape index (κ1) is 17.9. The topological polar surface area (TPSA) is 71.8 Å². The average Bonchev–Trinajstić information content (AvgIpc) is 3.11. The van der Waals surface area contributed by atoms with E-state index in [-0.39, 0.29) is 5.56 Å². The Bertz CT molecular complexity index is 968. The molecule has 3 heterocycles. The molecule has 1 fully saturated rings. The second-order valence-electron chi connectivity index (χ2n) is 6.87. The molecular weight excluding hydrogens is 362 g/mol. The maximum atomic E-state index is 11.9. The molecule has 3 aromatic rings. The van der Waals surface area contributed by atoms with Gasteiger partial charge in [0.1, 0.15) is 5.75 Å². The van der Waals surface area contributed by atoms with E-state index in [1.165, 1.54) is 40.1 Å². The van der Waals surface area contributed by atoms with Gasteiger partial charge < -0.3 is 10.1 Å². The van der Waals surface area contributed by atoms with Crippen LogP contribution in [0.15, 0.2) is 41.3 Å². The molecular formula is C19H23N5O2S. The number of hydrogen-bond acceptors (Lipinski definition) is 7. The molecule has 8 heteroatoms. The Morgan fingerprint density at radius 1 is 1.30 bits per heavy atom. The second-order valence-corrected chi connectivity index (χ2v) is 7.82. The van der Waals surface area contributed by atoms with Crippen LogP contribution in [0, 0.1) is 5.92 Å². The van der Waals surface area contributed by atoms with Gasteiger partial charge in [-0.15, -0.1) is 5.10 Å². The predicted molar refractivity (Wildman–Crippen MR) is 107 cm³/mol. The van der Waals surface area contributed by atoms with Crippen LogP contribution in [-0.2, 0) is 0 Å². The number of nitrogens with one attached hydrogen (secondary N) is 1. The predicted octanol–water partition coefficient (Wildman–Crippen LogP) is 2.65. The van der Waals surface area contributed by atoms with Gasteiger partial charge in [-0.25, -0.2) is 4.98 Å². The van der Waals surface area contributed by atoms with Crippen molar-refractivity contribution >= 4 is 21.4 Å². The minimum atomic E-state index is -0.155. The minimum absolute atomic E-state index is 0.155. The Kier molecular flexibility index (Phi) is 5.09. The normalized spacial score (nSPS) is 20.7. The van der Waals surface area contributed by atoms with Crippen molar-refractivity contribution in [2.75, 3.05) is 32.6 Å². The number of rotatable bonds is 5. The molecule has 0 radical (unpaired) electrons. The Hall–Kier alpha value is -2.45. The molecule has 0 spiro atoms. The molecule has 2 aromatic heterocycles. The molecule has 4 rings (SSSR count). The smallest absolute Gasteiger partial charge is 0.275 e. The molecule has 2 unspecified atom stereocenters. The van der Waals surface area contributed by atoms with Gasteiger partial charge in [-0.2, -0.15) is 4.52 Å². The number of benzene rings is 1. The monoisotopic (exact) mass is 385 g/mol. The van der Waals surface area contributed by atoms with Crippen molar-refractivity contribution in [2.45, 2.75) is 18.9 Å². The highest BCUT2D eigenvalue weighted by Gasteiger charge is 2.30. The van der Waals surface area contributed by atoms with E-state index in [0.29, 0.717) is 16.9 Å². The molecule has 0 bridgehead atoms. The van der Waals surface area contributed by atoms with Crippen molar-refractivity contribution in [3.05, 3.63) is 52.4 Å². The third kappa shape index (κ3) is 3.68. The molecule has 2 atom stereocenters. The zero-order chi connectivity index (χ0) is 18.8. The quantitative estimate of drug-likeness (QED) is 0.728. The highest BCUT2D eigenvalue weighted by atomic mass is 32.1. The molecule has 0 amide bonds. The van der Waals surface area contributed by atoms with Gasteiger partial charge >= 0.3 is 0 Å². The van der Waals surface area contributed by atoms with E-state index in [1.807, 2.05) is 12.1 Å². The van der Waals surface area contributed by atoms with Crippen molar-refractivity contribution in [2.24, 2.45) is 5.92 Å². The highest BCUT2D eigenvalue weighted by molar-refractivity contribution is 7.20. The lowest BCUT2D eigenvalue weighted by molar-refractivity contribution is 0.128. The average molecular weight is 385 g/mol. The number of aromatic nitrogens is 3. The molecule has 0 aliphatic carbocycles. The fraction of sp³-hybridized carbons (Fsp3) is 0.421. The molecule has 142 valence electrons. The first-order valence-corrected chi connectivity index (χ1v) is 9.90. The summed E-state index contributed by atoms with van der Waals surface area (Å²) in [6, 6.07) is 10.1. The Balaban J connectivity index is 1.52. The summed E-state index contributed by atoms with van der Waals surface area (Å²) in [6.07, 6.45) is 3.85. The van der Waals surface area contributed by atoms with Gasteiger partial charge in [-0.1, -0.05) is 23.5 Å². The van der Waals surface area contributed by atoms with Gasteiger partial charge in [0.2, 0.25) is 10.1 Å². The first-order chi connectivity index (χ1) is 13.2. The number of nitrogens with zero attached hydrogens (tertiary/aromatic N) is 4. The lowest BCUT2D eigenvalue weighted by atomic mass is 9.85. The number of fused-ring (bicyclic) bond motifs is 1. The van der Waals surface area contributed by atoms with Crippen LogP contribution in [0.5, 0.6) is 5.75 Å². The van der Waals surface area contributed by atoms with Crippen molar-refractivity contribution in [3.8, 4) is 5.75 Å². The summed E-state index contributed by atoms with van der Waals surface area (Å²) < 4.78 is 6.64. The minimum Gasteiger partial charge on any atom is -0.497 e. The van der Waals surface area contributed by atoms with E-state index in [0.717, 1.165) is 30.4 Å². The van der Waals surface area contributed by atoms with Crippen LogP contribution in [0.3, 0.4) is 0 Å². The van der Waals surface area contributed by atoms with Crippen LogP contribution < -0.4 is 15.6 Å². The van der Waals surface area contributed by atoms with E-state index >= 15 is 0 Å². The Morgan fingerprint density at radius 2 is 2.11 bits per heavy atom. The van der Waals surface area contributed by atoms with Crippen molar-refractivity contribution in [1.29, 1.82) is 0 Å². The molecule has 1 aliphatic heterocycles. The number of hydrogen-bond donors (Lipinski definition) is 1. The third-order valence-corrected chi connectivity index (χ3v) is 6.03. The highest BCUT2D eigenvalue weighted by Crippen LogP contribution is 2.36. The molecule has 0 saturated carbocycles. The van der Waals surface area contributed by atoms with E-state index in [4.69, 9.17) is 4.74 Å². The lowest BCUT2D eigenvalue weighted by Crippen LogP contribution is -2.39. The summed E-state index contributed by atoms with van der Waals surface area (Å²) in [4.78, 5) is 19.1. The number of anilines is 1. The third-order valence-electron chi connectivity index (χ3n) is 5.15. The lowest BCUT2D eigenvalue weighted by Gasteiger charge is -2.39. The fourth-order valence-electron chi connectivity index (χ4n) is 3.83. The van der Waals surface area contributed by atoms with E-state index < -0.39 is 0 Å². The summed E-state index contributed by atoms with van der Waals surface area (Å²) in [5, 5.41) is 8.51. The maximum absolute atomic E-state index is 11.9. The molecule has 1 N–H and O–H groups in total. The first-order valence-electron chi connectivity index (χ1n) is 9.08. The van der Waals surface area contributed by atoms with Gasteiger partial charge in [0, 0.05) is 24.8 Å². The Labute approximate surface area is 161 Å². The summed E-state index contributed by atoms with van der Waals surface area (Å²) in [5.41, 5.74) is 1.14. The van der Waals surface area contributed by atoms with Crippen LogP contribution in [0.4, 0.5) is 5.13 Å². The number of piperidine rings is 1. The SMILES string of the molecule is COc1ccc(C2C(CNc3nn4c(=O)ccnc4s3)CCCN2C)cc1. The van der Waals surface area contributed by atoms with Crippen LogP contribution >= 0.6 is 11.3 Å². The van der Waals surface area contributed by atoms with Crippen molar-refractivity contribution < 1.29 is 4.74 Å². The van der Waals surface area contributed by atoms with E-state index in [2.05, 4.69) is 39.5 Å². The van der Waals surface area contributed by atoms with Gasteiger partial charge in [0.15, 0.2) is 0 Å². The largest absolute Gasteiger partial charge is 0.497 e. The van der Waals surface area contributed by atoms with Crippen molar-refractivity contribution in [1.82, 2.24) is 19.5 Å². The molecule has 7 nitrogen and oxygen atoms in total. The second kappa shape index (κ2) is 7.66. The number of likely N-dealkylation sites (tertiary alicyclic amines) is 1. The summed E-state index contributed by atoms with van der Waals surface area (Å²) in [6.45, 7) is 1.89. The number of ether oxygens (including phenoxy) is 1. The van der Waals surface area contributed by atoms with Gasteiger partial charge in [-0.05, 0) is 50.0 Å². The summed E-state index contributed by atoms with van der Waals surface area (Å²) in [5.74, 6) is 1.33. The van der Waals surface area contributed by atoms with Crippen LogP contribution in [-0.4, -0.2) is 46.7 Å². The maximum Gasteiger partial charge on any atom is 0.275 e. The Morgan fingerprint density at radius 3 is 2.85 bits per heavy atom. The molecule has 1 saturated heterocycles. The fourth-order valence-corrected chi connectivity index (χ4v) is 4.62. The van der Waals surface area contributed by atoms with Crippen molar-refractivity contribution in [3.63, 3.8) is 0 Å². The van der Waals surface area contributed by atoms with Crippen LogP contribution in [0.25, 0.3) is 4.96 Å². The standard InChI is InChI=1S/C19H23N5O2S/c1-23-11-3-4-14(17(23)13-5-7-15(26-2)8-6-13)12-21-18-22-24-16(25)9-10-20-19(24)27-18/h5-10,14,17H,3-4,11-12H2,1-2H3,(H,21,22).